The minimum atomic E-state index is -0.677. The topological polar surface area (TPSA) is 59.9 Å². The Labute approximate surface area is 165 Å². The maximum absolute atomic E-state index is 10.8. The van der Waals surface area contributed by atoms with E-state index in [4.69, 9.17) is 4.99 Å². The smallest absolute Gasteiger partial charge is 0.191 e. The summed E-state index contributed by atoms with van der Waals surface area (Å²) < 4.78 is 0. The number of rotatable bonds is 10. The molecular weight excluding hydrogens is 336 g/mol. The highest BCUT2D eigenvalue weighted by Crippen LogP contribution is 2.23. The quantitative estimate of drug-likeness (QED) is 0.434. The molecule has 0 bridgehead atoms. The monoisotopic (exact) mass is 374 g/mol. The average molecular weight is 375 g/mol. The van der Waals surface area contributed by atoms with Crippen molar-refractivity contribution in [3.05, 3.63) is 30.3 Å². The van der Waals surface area contributed by atoms with E-state index in [0.717, 1.165) is 57.8 Å². The first-order chi connectivity index (χ1) is 13.1. The lowest BCUT2D eigenvalue weighted by molar-refractivity contribution is 0.0306. The first kappa shape index (κ1) is 21.5. The third kappa shape index (κ3) is 7.06. The Bertz CT molecular complexity index is 555. The molecule has 1 aromatic rings. The van der Waals surface area contributed by atoms with Gasteiger partial charge in [-0.3, -0.25) is 4.99 Å². The molecule has 1 saturated heterocycles. The summed E-state index contributed by atoms with van der Waals surface area (Å²) in [4.78, 5) is 7.15. The molecule has 1 aromatic carbocycles. The molecule has 1 aliphatic heterocycles. The fourth-order valence-corrected chi connectivity index (χ4v) is 3.90. The number of guanidine groups is 1. The fraction of sp³-hybridized carbons (Fsp3) is 0.682. The minimum absolute atomic E-state index is 0.463. The lowest BCUT2D eigenvalue weighted by Gasteiger charge is -2.26. The second-order valence-corrected chi connectivity index (χ2v) is 7.74. The van der Waals surface area contributed by atoms with Crippen molar-refractivity contribution >= 4 is 11.6 Å². The van der Waals surface area contributed by atoms with E-state index in [1.165, 1.54) is 12.1 Å². The van der Waals surface area contributed by atoms with Gasteiger partial charge in [0.1, 0.15) is 0 Å². The van der Waals surface area contributed by atoms with Crippen LogP contribution >= 0.6 is 0 Å². The average Bonchev–Trinajstić information content (AvgIpc) is 3.14. The van der Waals surface area contributed by atoms with Gasteiger partial charge in [0.2, 0.25) is 0 Å². The number of hydrogen-bond donors (Lipinski definition) is 3. The zero-order valence-corrected chi connectivity index (χ0v) is 17.4. The van der Waals surface area contributed by atoms with E-state index in [-0.39, 0.29) is 0 Å². The van der Waals surface area contributed by atoms with Gasteiger partial charge in [-0.25, -0.2) is 0 Å². The summed E-state index contributed by atoms with van der Waals surface area (Å²) in [5, 5.41) is 17.6. The molecule has 1 heterocycles. The van der Waals surface area contributed by atoms with Gasteiger partial charge in [0.25, 0.3) is 0 Å². The van der Waals surface area contributed by atoms with Gasteiger partial charge in [0.05, 0.1) is 12.1 Å². The second-order valence-electron chi connectivity index (χ2n) is 7.74. The zero-order chi connectivity index (χ0) is 19.5. The summed E-state index contributed by atoms with van der Waals surface area (Å²) >= 11 is 0. The summed E-state index contributed by atoms with van der Waals surface area (Å²) in [5.41, 5.74) is 0.633. The van der Waals surface area contributed by atoms with Gasteiger partial charge in [-0.05, 0) is 44.2 Å². The first-order valence-electron chi connectivity index (χ1n) is 10.6. The SMILES string of the molecule is CCCC(O)(CCC)CN=C(NCC)NCC1CCN(c2ccccc2)C1. The normalized spacial score (nSPS) is 18.0. The number of anilines is 1. The molecule has 5 nitrogen and oxygen atoms in total. The van der Waals surface area contributed by atoms with Gasteiger partial charge in [-0.15, -0.1) is 0 Å². The van der Waals surface area contributed by atoms with Crippen LogP contribution in [0.2, 0.25) is 0 Å². The second kappa shape index (κ2) is 11.2. The Morgan fingerprint density at radius 1 is 1.15 bits per heavy atom. The number of aliphatic hydroxyl groups is 1. The predicted molar refractivity (Wildman–Crippen MR) is 116 cm³/mol. The highest BCUT2D eigenvalue weighted by atomic mass is 16.3. The van der Waals surface area contributed by atoms with Gasteiger partial charge >= 0.3 is 0 Å². The van der Waals surface area contributed by atoms with Gasteiger partial charge in [-0.2, -0.15) is 0 Å². The Kier molecular flexibility index (Phi) is 8.92. The molecule has 2 rings (SSSR count). The van der Waals surface area contributed by atoms with Crippen LogP contribution in [0.3, 0.4) is 0 Å². The van der Waals surface area contributed by atoms with E-state index >= 15 is 0 Å². The molecule has 1 aliphatic rings. The number of benzene rings is 1. The molecule has 3 N–H and O–H groups in total. The van der Waals surface area contributed by atoms with Crippen LogP contribution in [0.1, 0.15) is 52.9 Å². The molecule has 5 heteroatoms. The molecule has 0 aromatic heterocycles. The molecule has 0 aliphatic carbocycles. The van der Waals surface area contributed by atoms with E-state index in [9.17, 15) is 5.11 Å². The molecule has 0 radical (unpaired) electrons. The number of hydrogen-bond acceptors (Lipinski definition) is 3. The minimum Gasteiger partial charge on any atom is -0.388 e. The van der Waals surface area contributed by atoms with Crippen LogP contribution in [0, 0.1) is 5.92 Å². The summed E-state index contributed by atoms with van der Waals surface area (Å²) in [7, 11) is 0. The maximum Gasteiger partial charge on any atom is 0.191 e. The van der Waals surface area contributed by atoms with Crippen LogP contribution in [-0.2, 0) is 0 Å². The van der Waals surface area contributed by atoms with Crippen molar-refractivity contribution in [3.63, 3.8) is 0 Å². The van der Waals surface area contributed by atoms with Crippen molar-refractivity contribution < 1.29 is 5.11 Å². The first-order valence-corrected chi connectivity index (χ1v) is 10.6. The summed E-state index contributed by atoms with van der Waals surface area (Å²) in [6.45, 7) is 10.7. The molecule has 1 fully saturated rings. The lowest BCUT2D eigenvalue weighted by atomic mass is 9.93. The van der Waals surface area contributed by atoms with E-state index in [1.54, 1.807) is 0 Å². The van der Waals surface area contributed by atoms with Gasteiger partial charge in [0.15, 0.2) is 5.96 Å². The highest BCUT2D eigenvalue weighted by molar-refractivity contribution is 5.79. The maximum atomic E-state index is 10.8. The van der Waals surface area contributed by atoms with Crippen LogP contribution in [0.25, 0.3) is 0 Å². The van der Waals surface area contributed by atoms with Crippen molar-refractivity contribution in [2.75, 3.05) is 37.6 Å². The molecule has 1 unspecified atom stereocenters. The molecule has 27 heavy (non-hydrogen) atoms. The van der Waals surface area contributed by atoms with Gasteiger partial charge in [-0.1, -0.05) is 44.9 Å². The number of aliphatic imine (C=N–C) groups is 1. The van der Waals surface area contributed by atoms with E-state index in [0.29, 0.717) is 12.5 Å². The third-order valence-corrected chi connectivity index (χ3v) is 5.27. The van der Waals surface area contributed by atoms with Crippen LogP contribution in [0.4, 0.5) is 5.69 Å². The molecule has 0 spiro atoms. The van der Waals surface area contributed by atoms with Crippen molar-refractivity contribution in [3.8, 4) is 0 Å². The number of para-hydroxylation sites is 1. The summed E-state index contributed by atoms with van der Waals surface area (Å²) in [6.07, 6.45) is 4.76. The van der Waals surface area contributed by atoms with Crippen molar-refractivity contribution in [2.45, 2.75) is 58.5 Å². The Hall–Kier alpha value is -1.75. The van der Waals surface area contributed by atoms with Gasteiger partial charge < -0.3 is 20.6 Å². The highest BCUT2D eigenvalue weighted by Gasteiger charge is 2.25. The predicted octanol–water partition coefficient (Wildman–Crippen LogP) is 3.40. The molecular formula is C22H38N4O. The van der Waals surface area contributed by atoms with E-state index < -0.39 is 5.60 Å². The largest absolute Gasteiger partial charge is 0.388 e. The zero-order valence-electron chi connectivity index (χ0n) is 17.4. The Balaban J connectivity index is 1.87. The fourth-order valence-electron chi connectivity index (χ4n) is 3.90. The van der Waals surface area contributed by atoms with Gasteiger partial charge in [0, 0.05) is 31.9 Å². The van der Waals surface area contributed by atoms with Crippen LogP contribution in [0.15, 0.2) is 35.3 Å². The lowest BCUT2D eigenvalue weighted by Crippen LogP contribution is -2.42. The van der Waals surface area contributed by atoms with Crippen LogP contribution < -0.4 is 15.5 Å². The summed E-state index contributed by atoms with van der Waals surface area (Å²) in [6, 6.07) is 10.6. The van der Waals surface area contributed by atoms with Crippen LogP contribution in [0.5, 0.6) is 0 Å². The van der Waals surface area contributed by atoms with Crippen LogP contribution in [-0.4, -0.2) is 49.4 Å². The van der Waals surface area contributed by atoms with Crippen molar-refractivity contribution in [1.29, 1.82) is 0 Å². The Morgan fingerprint density at radius 3 is 2.48 bits per heavy atom. The van der Waals surface area contributed by atoms with Crippen molar-refractivity contribution in [1.82, 2.24) is 10.6 Å². The molecule has 0 saturated carbocycles. The van der Waals surface area contributed by atoms with Crippen molar-refractivity contribution in [2.24, 2.45) is 10.9 Å². The molecule has 0 amide bonds. The Morgan fingerprint density at radius 2 is 1.85 bits per heavy atom. The van der Waals surface area contributed by atoms with E-state index in [1.807, 2.05) is 0 Å². The standard InChI is InChI=1S/C22H38N4O/c1-4-13-22(27,14-5-2)18-25-21(23-6-3)24-16-19-12-15-26(17-19)20-10-8-7-9-11-20/h7-11,19,27H,4-6,12-18H2,1-3H3,(H2,23,24,25). The number of nitrogens with zero attached hydrogens (tertiary/aromatic N) is 2. The molecule has 1 atom stereocenters. The molecule has 152 valence electrons. The van der Waals surface area contributed by atoms with E-state index in [2.05, 4.69) is 66.6 Å². The third-order valence-electron chi connectivity index (χ3n) is 5.27. The summed E-state index contributed by atoms with van der Waals surface area (Å²) in [5.74, 6) is 1.43. The number of nitrogens with one attached hydrogen (secondary N) is 2.